The molecule has 32 heavy (non-hydrogen) atoms. The summed E-state index contributed by atoms with van der Waals surface area (Å²) in [7, 11) is 1.55. The van der Waals surface area contributed by atoms with Crippen molar-refractivity contribution in [2.24, 2.45) is 15.2 Å². The number of carbonyl (C=O) groups is 1. The van der Waals surface area contributed by atoms with Gasteiger partial charge in [-0.15, -0.1) is 0 Å². The van der Waals surface area contributed by atoms with Crippen molar-refractivity contribution in [1.82, 2.24) is 10.9 Å². The van der Waals surface area contributed by atoms with Gasteiger partial charge in [0.25, 0.3) is 5.91 Å². The number of carbonyl (C=O) groups excluding carboxylic acids is 1. The topological polar surface area (TPSA) is 87.4 Å². The first-order valence-electron chi connectivity index (χ1n) is 9.40. The molecule has 0 aliphatic carbocycles. The number of hydrogen-bond acceptors (Lipinski definition) is 4. The molecule has 0 heterocycles. The number of nitrogens with one attached hydrogen (secondary N) is 2. The highest BCUT2D eigenvalue weighted by Gasteiger charge is 2.07. The Morgan fingerprint density at radius 1 is 0.781 bits per heavy atom. The van der Waals surface area contributed by atoms with Gasteiger partial charge in [0.15, 0.2) is 0 Å². The van der Waals surface area contributed by atoms with Crippen LogP contribution < -0.4 is 15.6 Å². The van der Waals surface area contributed by atoms with E-state index in [2.05, 4.69) is 26.0 Å². The Balaban J connectivity index is 1.74. The van der Waals surface area contributed by atoms with Crippen LogP contribution in [0.5, 0.6) is 5.75 Å². The fourth-order valence-electron chi connectivity index (χ4n) is 2.41. The number of methoxy groups -OCH3 is 1. The number of amides is 1. The summed E-state index contributed by atoms with van der Waals surface area (Å²) in [6, 6.07) is 20.8. The largest absolute Gasteiger partial charge is 0.497 e. The lowest BCUT2D eigenvalue weighted by Crippen LogP contribution is -2.32. The molecular formula is C23H19Cl2N5O2. The summed E-state index contributed by atoms with van der Waals surface area (Å²) >= 11 is 11.8. The van der Waals surface area contributed by atoms with E-state index in [-0.39, 0.29) is 5.96 Å². The van der Waals surface area contributed by atoms with E-state index in [1.54, 1.807) is 92.3 Å². The second kappa shape index (κ2) is 11.6. The normalized spacial score (nSPS) is 10.8. The average Bonchev–Trinajstić information content (AvgIpc) is 2.81. The molecule has 3 aromatic rings. The average molecular weight is 468 g/mol. The van der Waals surface area contributed by atoms with Crippen LogP contribution in [0.25, 0.3) is 0 Å². The van der Waals surface area contributed by atoms with E-state index in [1.165, 1.54) is 0 Å². The molecule has 7 nitrogen and oxygen atoms in total. The lowest BCUT2D eigenvalue weighted by Gasteiger charge is -2.05. The number of nitrogens with zero attached hydrogens (tertiary/aromatic N) is 3. The van der Waals surface area contributed by atoms with Gasteiger partial charge in [0.1, 0.15) is 5.75 Å². The molecule has 0 aliphatic heterocycles. The first-order chi connectivity index (χ1) is 15.5. The highest BCUT2D eigenvalue weighted by atomic mass is 35.5. The molecule has 0 aliphatic rings. The zero-order valence-corrected chi connectivity index (χ0v) is 18.5. The first kappa shape index (κ1) is 23.0. The molecule has 9 heteroatoms. The molecule has 0 aromatic heterocycles. The van der Waals surface area contributed by atoms with Gasteiger partial charge < -0.3 is 4.74 Å². The van der Waals surface area contributed by atoms with E-state index < -0.39 is 5.91 Å². The minimum absolute atomic E-state index is 0.0428. The molecule has 0 spiro atoms. The van der Waals surface area contributed by atoms with Crippen LogP contribution in [0.3, 0.4) is 0 Å². The number of ether oxygens (including phenoxy) is 1. The van der Waals surface area contributed by atoms with Gasteiger partial charge in [-0.25, -0.2) is 10.9 Å². The molecule has 0 radical (unpaired) electrons. The Hall–Kier alpha value is -3.68. The Bertz CT molecular complexity index is 1070. The van der Waals surface area contributed by atoms with Crippen molar-refractivity contribution in [1.29, 1.82) is 0 Å². The van der Waals surface area contributed by atoms with E-state index in [1.807, 2.05) is 0 Å². The highest BCUT2D eigenvalue weighted by molar-refractivity contribution is 6.30. The van der Waals surface area contributed by atoms with E-state index >= 15 is 0 Å². The number of guanidine groups is 1. The highest BCUT2D eigenvalue weighted by Crippen LogP contribution is 2.12. The number of hydrogen-bond donors (Lipinski definition) is 2. The smallest absolute Gasteiger partial charge is 0.280 e. The maximum atomic E-state index is 12.6. The molecule has 2 N–H and O–H groups in total. The van der Waals surface area contributed by atoms with E-state index in [0.29, 0.717) is 21.4 Å². The molecule has 0 saturated carbocycles. The number of aliphatic imine (C=N–C) groups is 1. The number of benzene rings is 3. The molecule has 0 saturated heterocycles. The third kappa shape index (κ3) is 7.23. The molecule has 162 valence electrons. The zero-order chi connectivity index (χ0) is 22.8. The van der Waals surface area contributed by atoms with Crippen LogP contribution in [0.1, 0.15) is 21.5 Å². The molecule has 3 rings (SSSR count). The van der Waals surface area contributed by atoms with Gasteiger partial charge in [0.2, 0.25) is 5.96 Å². The van der Waals surface area contributed by atoms with Gasteiger partial charge in [-0.2, -0.15) is 15.2 Å². The Morgan fingerprint density at radius 2 is 1.25 bits per heavy atom. The third-order valence-electron chi connectivity index (χ3n) is 4.06. The van der Waals surface area contributed by atoms with Crippen LogP contribution in [0.4, 0.5) is 0 Å². The molecule has 3 aromatic carbocycles. The summed E-state index contributed by atoms with van der Waals surface area (Å²) in [6.07, 6.45) is 3.13. The van der Waals surface area contributed by atoms with E-state index in [0.717, 1.165) is 11.1 Å². The van der Waals surface area contributed by atoms with Crippen molar-refractivity contribution < 1.29 is 9.53 Å². The maximum Gasteiger partial charge on any atom is 0.280 e. The van der Waals surface area contributed by atoms with Gasteiger partial charge in [-0.1, -0.05) is 47.5 Å². The fourth-order valence-corrected chi connectivity index (χ4v) is 2.66. The van der Waals surface area contributed by atoms with Crippen molar-refractivity contribution in [2.45, 2.75) is 0 Å². The van der Waals surface area contributed by atoms with Crippen LogP contribution in [0.2, 0.25) is 10.0 Å². The molecule has 0 atom stereocenters. The third-order valence-corrected chi connectivity index (χ3v) is 4.56. The van der Waals surface area contributed by atoms with Crippen molar-refractivity contribution in [3.63, 3.8) is 0 Å². The van der Waals surface area contributed by atoms with Gasteiger partial charge in [0, 0.05) is 15.6 Å². The van der Waals surface area contributed by atoms with Gasteiger partial charge in [-0.3, -0.25) is 4.79 Å². The summed E-state index contributed by atoms with van der Waals surface area (Å²) in [5, 5.41) is 9.47. The predicted molar refractivity (Wildman–Crippen MR) is 129 cm³/mol. The van der Waals surface area contributed by atoms with E-state index in [9.17, 15) is 4.79 Å². The van der Waals surface area contributed by atoms with Crippen molar-refractivity contribution in [3.8, 4) is 5.75 Å². The van der Waals surface area contributed by atoms with Crippen molar-refractivity contribution >= 4 is 47.5 Å². The summed E-state index contributed by atoms with van der Waals surface area (Å²) in [6.45, 7) is 0. The SMILES string of the molecule is COc1ccc(C(=O)N=C(N/N=C/c2ccc(Cl)cc2)N/N=C/c2ccc(Cl)cc2)cc1. The standard InChI is InChI=1S/C23H19Cl2N5O2/c1-32-21-12-6-18(7-13-21)22(31)28-23(29-26-14-16-2-8-19(24)9-3-16)30-27-15-17-4-10-20(25)11-5-17/h2-15H,1H3,(H2,28,29,30,31)/b26-14+,27-15+. The predicted octanol–water partition coefficient (Wildman–Crippen LogP) is 4.75. The zero-order valence-electron chi connectivity index (χ0n) is 17.0. The molecule has 0 bridgehead atoms. The molecule has 0 unspecified atom stereocenters. The lowest BCUT2D eigenvalue weighted by atomic mass is 10.2. The van der Waals surface area contributed by atoms with Crippen LogP contribution in [-0.4, -0.2) is 31.4 Å². The summed E-state index contributed by atoms with van der Waals surface area (Å²) in [5.74, 6) is 0.203. The summed E-state index contributed by atoms with van der Waals surface area (Å²) in [5.41, 5.74) is 7.40. The van der Waals surface area contributed by atoms with Gasteiger partial charge in [0.05, 0.1) is 19.5 Å². The molecule has 1 amide bonds. The lowest BCUT2D eigenvalue weighted by molar-refractivity contribution is 0.100. The fraction of sp³-hybridized carbons (Fsp3) is 0.0435. The van der Waals surface area contributed by atoms with Crippen LogP contribution in [-0.2, 0) is 0 Å². The number of halogens is 2. The Kier molecular flexibility index (Phi) is 8.36. The number of hydrazone groups is 2. The quantitative estimate of drug-likeness (QED) is 0.311. The first-order valence-corrected chi connectivity index (χ1v) is 10.2. The van der Waals surface area contributed by atoms with Crippen molar-refractivity contribution in [2.75, 3.05) is 7.11 Å². The molecule has 0 fully saturated rings. The maximum absolute atomic E-state index is 12.6. The minimum atomic E-state index is -0.481. The second-order valence-corrected chi connectivity index (χ2v) is 7.21. The van der Waals surface area contributed by atoms with Crippen LogP contribution in [0, 0.1) is 0 Å². The Labute approximate surface area is 195 Å². The monoisotopic (exact) mass is 467 g/mol. The summed E-state index contributed by atoms with van der Waals surface area (Å²) < 4.78 is 5.11. The van der Waals surface area contributed by atoms with Crippen molar-refractivity contribution in [3.05, 3.63) is 99.5 Å². The second-order valence-electron chi connectivity index (χ2n) is 6.34. The van der Waals surface area contributed by atoms with Crippen LogP contribution >= 0.6 is 23.2 Å². The number of rotatable bonds is 6. The van der Waals surface area contributed by atoms with Gasteiger partial charge >= 0.3 is 0 Å². The Morgan fingerprint density at radius 3 is 1.69 bits per heavy atom. The summed E-state index contributed by atoms with van der Waals surface area (Å²) in [4.78, 5) is 16.6. The molecular weight excluding hydrogens is 449 g/mol. The van der Waals surface area contributed by atoms with Crippen LogP contribution in [0.15, 0.2) is 88.0 Å². The van der Waals surface area contributed by atoms with E-state index in [4.69, 9.17) is 27.9 Å². The minimum Gasteiger partial charge on any atom is -0.497 e. The van der Waals surface area contributed by atoms with Gasteiger partial charge in [-0.05, 0) is 59.7 Å².